The van der Waals surface area contributed by atoms with Crippen molar-refractivity contribution in [1.29, 1.82) is 0 Å². The van der Waals surface area contributed by atoms with Gasteiger partial charge in [0, 0.05) is 29.7 Å². The Morgan fingerprint density at radius 2 is 1.81 bits per heavy atom. The number of methoxy groups -OCH3 is 1. The standard InChI is InChI=1S/C26H23N5O4S/c1-15-10-20-24(30-17-5-4-16-13-29-31(2)22(16)12-17)21(26(27)32)14-28-25(20)23(11-15)36(33,34)19-8-6-18(35-3)7-9-19/h4-14H,1-3H3,(H2,27,32)(H,28,30). The van der Waals surface area contributed by atoms with Gasteiger partial charge in [-0.1, -0.05) is 0 Å². The van der Waals surface area contributed by atoms with Gasteiger partial charge < -0.3 is 15.8 Å². The number of aromatic nitrogens is 3. The molecule has 0 bridgehead atoms. The molecule has 9 nitrogen and oxygen atoms in total. The molecular formula is C26H23N5O4S. The van der Waals surface area contributed by atoms with E-state index in [1.807, 2.05) is 25.2 Å². The Morgan fingerprint density at radius 1 is 1.06 bits per heavy atom. The Bertz CT molecular complexity index is 1760. The van der Waals surface area contributed by atoms with E-state index in [-0.39, 0.29) is 20.9 Å². The Balaban J connectivity index is 1.72. The van der Waals surface area contributed by atoms with Crippen LogP contribution in [0, 0.1) is 6.92 Å². The van der Waals surface area contributed by atoms with Crippen LogP contribution in [0.1, 0.15) is 15.9 Å². The summed E-state index contributed by atoms with van der Waals surface area (Å²) in [4.78, 5) is 16.8. The number of hydrogen-bond acceptors (Lipinski definition) is 7. The maximum Gasteiger partial charge on any atom is 0.252 e. The number of aryl methyl sites for hydroxylation is 2. The van der Waals surface area contributed by atoms with Crippen LogP contribution in [0.3, 0.4) is 0 Å². The molecule has 3 aromatic carbocycles. The summed E-state index contributed by atoms with van der Waals surface area (Å²) < 4.78 is 34.2. The van der Waals surface area contributed by atoms with Gasteiger partial charge in [0.15, 0.2) is 0 Å². The highest BCUT2D eigenvalue weighted by atomic mass is 32.2. The smallest absolute Gasteiger partial charge is 0.252 e. The van der Waals surface area contributed by atoms with Crippen molar-refractivity contribution >= 4 is 48.9 Å². The molecule has 2 aromatic heterocycles. The number of hydrogen-bond donors (Lipinski definition) is 2. The molecule has 0 aliphatic carbocycles. The average Bonchev–Trinajstić information content (AvgIpc) is 3.23. The van der Waals surface area contributed by atoms with E-state index in [0.717, 1.165) is 10.9 Å². The van der Waals surface area contributed by atoms with E-state index in [9.17, 15) is 13.2 Å². The fourth-order valence-corrected chi connectivity index (χ4v) is 5.69. The van der Waals surface area contributed by atoms with E-state index in [1.54, 1.807) is 42.1 Å². The molecule has 2 heterocycles. The third-order valence-electron chi connectivity index (χ3n) is 6.02. The molecule has 1 amide bonds. The fourth-order valence-electron chi connectivity index (χ4n) is 4.18. The number of rotatable bonds is 6. The number of benzene rings is 3. The first-order valence-electron chi connectivity index (χ1n) is 11.0. The van der Waals surface area contributed by atoms with Crippen molar-refractivity contribution in [2.75, 3.05) is 12.4 Å². The van der Waals surface area contributed by atoms with Gasteiger partial charge in [0.05, 0.1) is 45.4 Å². The third-order valence-corrected chi connectivity index (χ3v) is 7.81. The van der Waals surface area contributed by atoms with E-state index in [2.05, 4.69) is 15.4 Å². The van der Waals surface area contributed by atoms with Crippen LogP contribution in [0.2, 0.25) is 0 Å². The van der Waals surface area contributed by atoms with Crippen LogP contribution in [-0.4, -0.2) is 36.2 Å². The molecule has 36 heavy (non-hydrogen) atoms. The second-order valence-electron chi connectivity index (χ2n) is 8.42. The number of primary amides is 1. The summed E-state index contributed by atoms with van der Waals surface area (Å²) in [6, 6.07) is 15.2. The number of sulfone groups is 1. The monoisotopic (exact) mass is 501 g/mol. The zero-order valence-corrected chi connectivity index (χ0v) is 20.6. The lowest BCUT2D eigenvalue weighted by molar-refractivity contribution is 0.100. The normalized spacial score (nSPS) is 11.6. The Kier molecular flexibility index (Phi) is 5.60. The molecule has 0 saturated heterocycles. The third kappa shape index (κ3) is 3.91. The van der Waals surface area contributed by atoms with Gasteiger partial charge in [-0.05, 0) is 67.1 Å². The first kappa shape index (κ1) is 23.3. The molecule has 3 N–H and O–H groups in total. The first-order chi connectivity index (χ1) is 17.2. The largest absolute Gasteiger partial charge is 0.497 e. The minimum atomic E-state index is -3.94. The van der Waals surface area contributed by atoms with E-state index < -0.39 is 15.7 Å². The minimum Gasteiger partial charge on any atom is -0.497 e. The lowest BCUT2D eigenvalue weighted by Gasteiger charge is -2.16. The van der Waals surface area contributed by atoms with Gasteiger partial charge in [0.25, 0.3) is 5.91 Å². The van der Waals surface area contributed by atoms with Gasteiger partial charge in [-0.2, -0.15) is 5.10 Å². The number of nitrogens with zero attached hydrogens (tertiary/aromatic N) is 3. The lowest BCUT2D eigenvalue weighted by Crippen LogP contribution is -2.15. The van der Waals surface area contributed by atoms with Crippen LogP contribution in [0.5, 0.6) is 5.75 Å². The molecule has 0 unspecified atom stereocenters. The van der Waals surface area contributed by atoms with Crippen molar-refractivity contribution in [3.05, 3.63) is 78.1 Å². The second kappa shape index (κ2) is 8.65. The molecule has 0 aliphatic rings. The summed E-state index contributed by atoms with van der Waals surface area (Å²) in [5, 5.41) is 8.95. The highest BCUT2D eigenvalue weighted by molar-refractivity contribution is 7.91. The minimum absolute atomic E-state index is 0.0313. The van der Waals surface area contributed by atoms with Crippen molar-refractivity contribution < 1.29 is 17.9 Å². The van der Waals surface area contributed by atoms with Crippen molar-refractivity contribution in [2.45, 2.75) is 16.7 Å². The molecule has 0 aliphatic heterocycles. The van der Waals surface area contributed by atoms with Crippen LogP contribution >= 0.6 is 0 Å². The number of ether oxygens (including phenoxy) is 1. The zero-order chi connectivity index (χ0) is 25.6. The van der Waals surface area contributed by atoms with Gasteiger partial charge in [-0.15, -0.1) is 0 Å². The van der Waals surface area contributed by atoms with Gasteiger partial charge in [0.2, 0.25) is 9.84 Å². The summed E-state index contributed by atoms with van der Waals surface area (Å²) in [6.45, 7) is 1.79. The number of amides is 1. The van der Waals surface area contributed by atoms with Crippen LogP contribution in [0.25, 0.3) is 21.8 Å². The van der Waals surface area contributed by atoms with E-state index in [1.165, 1.54) is 25.4 Å². The molecule has 0 radical (unpaired) electrons. The Hall–Kier alpha value is -4.44. The average molecular weight is 502 g/mol. The Morgan fingerprint density at radius 3 is 2.50 bits per heavy atom. The number of carbonyl (C=O) groups excluding carboxylic acids is 1. The van der Waals surface area contributed by atoms with Gasteiger partial charge in [-0.25, -0.2) is 8.42 Å². The predicted octanol–water partition coefficient (Wildman–Crippen LogP) is 4.11. The number of fused-ring (bicyclic) bond motifs is 2. The summed E-state index contributed by atoms with van der Waals surface area (Å²) in [5.41, 5.74) is 8.68. The maximum absolute atomic E-state index is 13.6. The van der Waals surface area contributed by atoms with Gasteiger partial charge in [0.1, 0.15) is 5.75 Å². The molecule has 0 saturated carbocycles. The predicted molar refractivity (Wildman–Crippen MR) is 137 cm³/mol. The molecule has 0 spiro atoms. The van der Waals surface area contributed by atoms with Crippen molar-refractivity contribution in [3.8, 4) is 5.75 Å². The molecule has 5 aromatic rings. The number of nitrogens with one attached hydrogen (secondary N) is 1. The van der Waals surface area contributed by atoms with Crippen LogP contribution in [0.15, 0.2) is 76.8 Å². The van der Waals surface area contributed by atoms with Gasteiger partial charge in [-0.3, -0.25) is 14.5 Å². The lowest BCUT2D eigenvalue weighted by atomic mass is 10.1. The maximum atomic E-state index is 13.6. The van der Waals surface area contributed by atoms with Crippen LogP contribution in [-0.2, 0) is 16.9 Å². The summed E-state index contributed by atoms with van der Waals surface area (Å²) >= 11 is 0. The van der Waals surface area contributed by atoms with E-state index in [0.29, 0.717) is 28.1 Å². The second-order valence-corrected chi connectivity index (χ2v) is 10.3. The zero-order valence-electron chi connectivity index (χ0n) is 19.8. The van der Waals surface area contributed by atoms with Gasteiger partial charge >= 0.3 is 0 Å². The molecule has 10 heteroatoms. The van der Waals surface area contributed by atoms with E-state index >= 15 is 0 Å². The van der Waals surface area contributed by atoms with Crippen molar-refractivity contribution in [2.24, 2.45) is 12.8 Å². The van der Waals surface area contributed by atoms with Crippen molar-refractivity contribution in [3.63, 3.8) is 0 Å². The molecular weight excluding hydrogens is 478 g/mol. The van der Waals surface area contributed by atoms with Crippen LogP contribution in [0.4, 0.5) is 11.4 Å². The van der Waals surface area contributed by atoms with E-state index in [4.69, 9.17) is 10.5 Å². The number of nitrogens with two attached hydrogens (primary N) is 1. The quantitative estimate of drug-likeness (QED) is 0.358. The first-order valence-corrected chi connectivity index (χ1v) is 12.5. The fraction of sp³-hybridized carbons (Fsp3) is 0.115. The Labute approximate surface area is 207 Å². The number of carbonyl (C=O) groups is 1. The summed E-state index contributed by atoms with van der Waals surface area (Å²) in [7, 11) is -0.588. The SMILES string of the molecule is COc1ccc(S(=O)(=O)c2cc(C)cc3c(Nc4ccc5cnn(C)c5c4)c(C(N)=O)cnc23)cc1. The summed E-state index contributed by atoms with van der Waals surface area (Å²) in [6.07, 6.45) is 3.06. The molecule has 0 atom stereocenters. The topological polar surface area (TPSA) is 129 Å². The molecule has 5 rings (SSSR count). The number of pyridine rings is 1. The molecule has 182 valence electrons. The van der Waals surface area contributed by atoms with Crippen molar-refractivity contribution in [1.82, 2.24) is 14.8 Å². The highest BCUT2D eigenvalue weighted by Crippen LogP contribution is 2.36. The van der Waals surface area contributed by atoms with Crippen LogP contribution < -0.4 is 15.8 Å². The summed E-state index contributed by atoms with van der Waals surface area (Å²) in [5.74, 6) is -0.140. The highest BCUT2D eigenvalue weighted by Gasteiger charge is 2.25. The number of anilines is 2. The molecule has 0 fully saturated rings.